The maximum absolute atomic E-state index is 12.0. The third-order valence-electron chi connectivity index (χ3n) is 7.10. The Bertz CT molecular complexity index is 1450. The number of nitrogens with zero attached hydrogens (tertiary/aromatic N) is 2. The number of aromatic amines is 1. The maximum Gasteiger partial charge on any atom is 0.127 e. The van der Waals surface area contributed by atoms with E-state index in [1.54, 1.807) is 0 Å². The predicted molar refractivity (Wildman–Crippen MR) is 138 cm³/mol. The molecule has 0 atom stereocenters. The summed E-state index contributed by atoms with van der Waals surface area (Å²) in [7, 11) is 0. The topological polar surface area (TPSA) is 61.8 Å². The minimum atomic E-state index is -0.444. The molecule has 0 saturated carbocycles. The SMILES string of the molecule is CC(C)(c1ccccc1)c1ccc(-c2cccc3n[nH]nc23)c(O)c1C(C)(C)c1ccccc1. The highest BCUT2D eigenvalue weighted by molar-refractivity contribution is 5.93. The molecule has 5 rings (SSSR count). The van der Waals surface area contributed by atoms with Crippen LogP contribution in [0.3, 0.4) is 0 Å². The zero-order chi connectivity index (χ0) is 23.9. The van der Waals surface area contributed by atoms with E-state index in [0.717, 1.165) is 38.9 Å². The molecule has 5 aromatic rings. The molecular weight excluding hydrogens is 418 g/mol. The van der Waals surface area contributed by atoms with Crippen LogP contribution in [0.2, 0.25) is 0 Å². The van der Waals surface area contributed by atoms with Gasteiger partial charge in [-0.15, -0.1) is 0 Å². The lowest BCUT2D eigenvalue weighted by molar-refractivity contribution is 0.447. The smallest absolute Gasteiger partial charge is 0.127 e. The van der Waals surface area contributed by atoms with Crippen molar-refractivity contribution in [2.24, 2.45) is 0 Å². The Hall–Kier alpha value is -3.92. The van der Waals surface area contributed by atoms with Crippen LogP contribution in [0.5, 0.6) is 5.75 Å². The Labute approximate surface area is 200 Å². The van der Waals surface area contributed by atoms with Crippen LogP contribution in [-0.2, 0) is 10.8 Å². The van der Waals surface area contributed by atoms with E-state index in [-0.39, 0.29) is 11.2 Å². The molecule has 0 fully saturated rings. The van der Waals surface area contributed by atoms with E-state index in [1.807, 2.05) is 36.4 Å². The summed E-state index contributed by atoms with van der Waals surface area (Å²) in [6, 6.07) is 30.9. The summed E-state index contributed by atoms with van der Waals surface area (Å²) in [5, 5.41) is 23.3. The molecule has 170 valence electrons. The lowest BCUT2D eigenvalue weighted by Crippen LogP contribution is -2.28. The number of aromatic hydroxyl groups is 1. The average Bonchev–Trinajstić information content (AvgIpc) is 3.34. The Kier molecular flexibility index (Phi) is 5.24. The van der Waals surface area contributed by atoms with Gasteiger partial charge in [0.2, 0.25) is 0 Å². The largest absolute Gasteiger partial charge is 0.507 e. The van der Waals surface area contributed by atoms with E-state index < -0.39 is 5.41 Å². The van der Waals surface area contributed by atoms with Gasteiger partial charge in [0.25, 0.3) is 0 Å². The number of hydrogen-bond acceptors (Lipinski definition) is 3. The number of para-hydroxylation sites is 1. The van der Waals surface area contributed by atoms with Crippen LogP contribution in [0.25, 0.3) is 22.2 Å². The molecule has 0 amide bonds. The van der Waals surface area contributed by atoms with Crippen molar-refractivity contribution in [1.82, 2.24) is 15.4 Å². The molecule has 0 unspecified atom stereocenters. The van der Waals surface area contributed by atoms with Crippen molar-refractivity contribution in [2.75, 3.05) is 0 Å². The van der Waals surface area contributed by atoms with Crippen molar-refractivity contribution in [2.45, 2.75) is 38.5 Å². The zero-order valence-corrected chi connectivity index (χ0v) is 20.0. The Morgan fingerprint density at radius 2 is 1.24 bits per heavy atom. The van der Waals surface area contributed by atoms with Gasteiger partial charge in [0.15, 0.2) is 0 Å². The van der Waals surface area contributed by atoms with E-state index in [9.17, 15) is 5.11 Å². The van der Waals surface area contributed by atoms with Crippen molar-refractivity contribution in [3.63, 3.8) is 0 Å². The first kappa shape index (κ1) is 21.9. The summed E-state index contributed by atoms with van der Waals surface area (Å²) < 4.78 is 0. The van der Waals surface area contributed by atoms with Gasteiger partial charge in [-0.05, 0) is 22.8 Å². The van der Waals surface area contributed by atoms with E-state index in [0.29, 0.717) is 0 Å². The predicted octanol–water partition coefficient (Wildman–Crippen LogP) is 6.98. The summed E-state index contributed by atoms with van der Waals surface area (Å²) in [6.07, 6.45) is 0. The third-order valence-corrected chi connectivity index (χ3v) is 7.10. The van der Waals surface area contributed by atoms with Crippen LogP contribution in [0.15, 0.2) is 91.0 Å². The van der Waals surface area contributed by atoms with Crippen LogP contribution in [-0.4, -0.2) is 20.5 Å². The van der Waals surface area contributed by atoms with Gasteiger partial charge in [-0.2, -0.15) is 15.4 Å². The van der Waals surface area contributed by atoms with Crippen LogP contribution in [0, 0.1) is 0 Å². The van der Waals surface area contributed by atoms with E-state index in [1.165, 1.54) is 5.56 Å². The molecule has 0 bridgehead atoms. The maximum atomic E-state index is 12.0. The molecule has 34 heavy (non-hydrogen) atoms. The fourth-order valence-corrected chi connectivity index (χ4v) is 5.06. The van der Waals surface area contributed by atoms with Gasteiger partial charge in [-0.1, -0.05) is 113 Å². The Balaban J connectivity index is 1.82. The molecular formula is C30H29N3O. The molecule has 0 spiro atoms. The van der Waals surface area contributed by atoms with Gasteiger partial charge in [-0.25, -0.2) is 0 Å². The molecule has 1 heterocycles. The van der Waals surface area contributed by atoms with E-state index >= 15 is 0 Å². The second kappa shape index (κ2) is 8.14. The molecule has 0 saturated heterocycles. The highest BCUT2D eigenvalue weighted by atomic mass is 16.3. The van der Waals surface area contributed by atoms with Crippen molar-refractivity contribution < 1.29 is 5.11 Å². The van der Waals surface area contributed by atoms with Gasteiger partial charge in [-0.3, -0.25) is 0 Å². The number of hydrogen-bond donors (Lipinski definition) is 2. The fraction of sp³-hybridized carbons (Fsp3) is 0.200. The van der Waals surface area contributed by atoms with E-state index in [4.69, 9.17) is 0 Å². The lowest BCUT2D eigenvalue weighted by Gasteiger charge is -2.36. The number of fused-ring (bicyclic) bond motifs is 1. The Morgan fingerprint density at radius 3 is 1.88 bits per heavy atom. The molecule has 0 radical (unpaired) electrons. The number of nitrogens with one attached hydrogen (secondary N) is 1. The lowest BCUT2D eigenvalue weighted by atomic mass is 9.67. The van der Waals surface area contributed by atoms with Crippen molar-refractivity contribution in [3.8, 4) is 16.9 Å². The van der Waals surface area contributed by atoms with Crippen molar-refractivity contribution in [3.05, 3.63) is 113 Å². The average molecular weight is 448 g/mol. The highest BCUT2D eigenvalue weighted by Crippen LogP contribution is 2.49. The van der Waals surface area contributed by atoms with Crippen LogP contribution >= 0.6 is 0 Å². The molecule has 2 N–H and O–H groups in total. The minimum absolute atomic E-state index is 0.283. The van der Waals surface area contributed by atoms with Gasteiger partial charge >= 0.3 is 0 Å². The van der Waals surface area contributed by atoms with Gasteiger partial charge in [0.1, 0.15) is 16.8 Å². The van der Waals surface area contributed by atoms with Gasteiger partial charge in [0, 0.05) is 27.5 Å². The molecule has 4 nitrogen and oxygen atoms in total. The number of phenols is 1. The summed E-state index contributed by atoms with van der Waals surface area (Å²) in [6.45, 7) is 8.81. The van der Waals surface area contributed by atoms with Crippen molar-refractivity contribution >= 4 is 11.0 Å². The first-order chi connectivity index (χ1) is 16.3. The second-order valence-corrected chi connectivity index (χ2v) is 9.86. The van der Waals surface area contributed by atoms with Gasteiger partial charge < -0.3 is 5.11 Å². The van der Waals surface area contributed by atoms with Crippen molar-refractivity contribution in [1.29, 1.82) is 0 Å². The minimum Gasteiger partial charge on any atom is -0.507 e. The standard InChI is InChI=1S/C30H29N3O/c1-29(2,20-12-7-5-8-13-20)24-19-18-23(22-16-11-17-25-27(22)32-33-31-25)28(34)26(24)30(3,4)21-14-9-6-10-15-21/h5-19,34H,1-4H3,(H,31,32,33). The third kappa shape index (κ3) is 3.47. The number of rotatable bonds is 5. The highest BCUT2D eigenvalue weighted by Gasteiger charge is 2.36. The number of aromatic nitrogens is 3. The quantitative estimate of drug-likeness (QED) is 0.305. The van der Waals surface area contributed by atoms with Gasteiger partial charge in [0.05, 0.1) is 0 Å². The summed E-state index contributed by atoms with van der Waals surface area (Å²) in [5.74, 6) is 0.283. The van der Waals surface area contributed by atoms with Crippen LogP contribution < -0.4 is 0 Å². The number of H-pyrrole nitrogens is 1. The second-order valence-electron chi connectivity index (χ2n) is 9.86. The molecule has 1 aromatic heterocycles. The summed E-state index contributed by atoms with van der Waals surface area (Å²) >= 11 is 0. The summed E-state index contributed by atoms with van der Waals surface area (Å²) in [4.78, 5) is 0. The molecule has 4 heteroatoms. The fourth-order valence-electron chi connectivity index (χ4n) is 5.06. The molecule has 0 aliphatic rings. The van der Waals surface area contributed by atoms with Crippen LogP contribution in [0.1, 0.15) is 49.9 Å². The first-order valence-electron chi connectivity index (χ1n) is 11.6. The first-order valence-corrected chi connectivity index (χ1v) is 11.6. The Morgan fingerprint density at radius 1 is 0.618 bits per heavy atom. The zero-order valence-electron chi connectivity index (χ0n) is 20.0. The summed E-state index contributed by atoms with van der Waals surface area (Å²) in [5.41, 5.74) is 6.73. The number of phenolic OH excluding ortho intramolecular Hbond substituents is 1. The monoisotopic (exact) mass is 447 g/mol. The molecule has 4 aromatic carbocycles. The molecule has 0 aliphatic heterocycles. The normalized spacial score (nSPS) is 12.2. The van der Waals surface area contributed by atoms with E-state index in [2.05, 4.69) is 97.7 Å². The molecule has 0 aliphatic carbocycles. The number of benzene rings is 4. The van der Waals surface area contributed by atoms with Crippen LogP contribution in [0.4, 0.5) is 0 Å².